The molecule has 226 valence electrons. The lowest BCUT2D eigenvalue weighted by molar-refractivity contribution is -0.134. The van der Waals surface area contributed by atoms with Crippen LogP contribution in [-0.4, -0.2) is 75.9 Å². The lowest BCUT2D eigenvalue weighted by Gasteiger charge is -2.33. The number of rotatable bonds is 9. The summed E-state index contributed by atoms with van der Waals surface area (Å²) in [4.78, 5) is 15.2. The van der Waals surface area contributed by atoms with Crippen LogP contribution in [0.3, 0.4) is 0 Å². The van der Waals surface area contributed by atoms with Gasteiger partial charge < -0.3 is 14.7 Å². The molecule has 3 aromatic rings. The predicted octanol–water partition coefficient (Wildman–Crippen LogP) is 3.61. The van der Waals surface area contributed by atoms with E-state index in [-0.39, 0.29) is 53.4 Å². The van der Waals surface area contributed by atoms with Crippen LogP contribution in [0, 0.1) is 5.92 Å². The molecule has 13 heteroatoms. The van der Waals surface area contributed by atoms with Crippen molar-refractivity contribution >= 4 is 43.2 Å². The average Bonchev–Trinajstić information content (AvgIpc) is 3.00. The molecule has 1 heterocycles. The topological polar surface area (TPSA) is 133 Å². The Morgan fingerprint density at radius 3 is 2.36 bits per heavy atom. The van der Waals surface area contributed by atoms with Gasteiger partial charge in [0.2, 0.25) is 15.9 Å². The van der Waals surface area contributed by atoms with Gasteiger partial charge in [-0.3, -0.25) is 9.52 Å². The van der Waals surface area contributed by atoms with Crippen LogP contribution in [0.1, 0.15) is 19.4 Å². The van der Waals surface area contributed by atoms with E-state index in [1.807, 2.05) is 6.92 Å². The van der Waals surface area contributed by atoms with Crippen LogP contribution in [0.15, 0.2) is 82.6 Å². The van der Waals surface area contributed by atoms with Crippen LogP contribution in [0.25, 0.3) is 0 Å². The Kier molecular flexibility index (Phi) is 9.84. The fourth-order valence-electron chi connectivity index (χ4n) is 4.66. The Morgan fingerprint density at radius 1 is 1.05 bits per heavy atom. The number of benzene rings is 3. The SMILES string of the molecule is C[C@@H]1CN([C@@H](C)CO)C(=O)Cc2cc(NS(=O)(=O)c3ccccc3)ccc2O[C@H]1CN(C)S(=O)(=O)c1ccc(Cl)cc1. The van der Waals surface area contributed by atoms with E-state index in [0.717, 1.165) is 0 Å². The van der Waals surface area contributed by atoms with E-state index in [9.17, 15) is 26.7 Å². The molecule has 42 heavy (non-hydrogen) atoms. The standard InChI is InChI=1S/C29H34ClN3O7S2/c1-20-17-33(21(2)19-34)29(35)16-22-15-24(31-41(36,37)25-7-5-4-6-8-25)11-14-27(22)40-28(20)18-32(3)42(38,39)26-12-9-23(30)10-13-26/h4-15,20-21,28,31,34H,16-19H2,1-3H3/t20-,21+,28+/m1/s1. The second-order valence-corrected chi connectivity index (χ2v) is 14.5. The molecule has 0 spiro atoms. The number of hydrogen-bond acceptors (Lipinski definition) is 7. The number of aliphatic hydroxyl groups is 1. The van der Waals surface area contributed by atoms with Gasteiger partial charge in [0.25, 0.3) is 10.0 Å². The fraction of sp³-hybridized carbons (Fsp3) is 0.345. The number of aliphatic hydroxyl groups excluding tert-OH is 1. The van der Waals surface area contributed by atoms with Crippen molar-refractivity contribution in [3.8, 4) is 5.75 Å². The summed E-state index contributed by atoms with van der Waals surface area (Å²) in [5.74, 6) is -0.286. The molecule has 0 bridgehead atoms. The maximum absolute atomic E-state index is 13.5. The van der Waals surface area contributed by atoms with Crippen molar-refractivity contribution in [3.63, 3.8) is 0 Å². The molecule has 3 atom stereocenters. The van der Waals surface area contributed by atoms with E-state index >= 15 is 0 Å². The molecule has 4 rings (SSSR count). The van der Waals surface area contributed by atoms with Gasteiger partial charge >= 0.3 is 0 Å². The monoisotopic (exact) mass is 635 g/mol. The molecule has 10 nitrogen and oxygen atoms in total. The van der Waals surface area contributed by atoms with Crippen molar-refractivity contribution < 1.29 is 31.5 Å². The van der Waals surface area contributed by atoms with Gasteiger partial charge in [-0.1, -0.05) is 36.7 Å². The van der Waals surface area contributed by atoms with E-state index in [1.54, 1.807) is 36.1 Å². The third-order valence-corrected chi connectivity index (χ3v) is 10.7. The second kappa shape index (κ2) is 13.0. The first-order valence-corrected chi connectivity index (χ1v) is 16.6. The number of amides is 1. The van der Waals surface area contributed by atoms with E-state index < -0.39 is 32.2 Å². The third kappa shape index (κ3) is 7.24. The summed E-state index contributed by atoms with van der Waals surface area (Å²) in [7, 11) is -6.32. The maximum Gasteiger partial charge on any atom is 0.261 e. The zero-order valence-electron chi connectivity index (χ0n) is 23.5. The highest BCUT2D eigenvalue weighted by Crippen LogP contribution is 2.31. The number of likely N-dealkylation sites (N-methyl/N-ethyl adjacent to an activating group) is 1. The Labute approximate surface area is 252 Å². The number of hydrogen-bond donors (Lipinski definition) is 2. The summed E-state index contributed by atoms with van der Waals surface area (Å²) in [6.07, 6.45) is -0.805. The molecule has 3 aromatic carbocycles. The molecule has 2 N–H and O–H groups in total. The van der Waals surface area contributed by atoms with Gasteiger partial charge in [-0.2, -0.15) is 4.31 Å². The second-order valence-electron chi connectivity index (χ2n) is 10.4. The van der Waals surface area contributed by atoms with Gasteiger partial charge in [0.1, 0.15) is 11.9 Å². The van der Waals surface area contributed by atoms with Gasteiger partial charge in [0, 0.05) is 35.8 Å². The largest absolute Gasteiger partial charge is 0.488 e. The van der Waals surface area contributed by atoms with Gasteiger partial charge in [-0.05, 0) is 61.5 Å². The number of nitrogens with one attached hydrogen (secondary N) is 1. The van der Waals surface area contributed by atoms with Crippen LogP contribution in [0.5, 0.6) is 5.75 Å². The molecule has 0 saturated heterocycles. The molecule has 0 radical (unpaired) electrons. The summed E-state index contributed by atoms with van der Waals surface area (Å²) in [6, 6.07) is 17.9. The number of halogens is 1. The van der Waals surface area contributed by atoms with E-state index in [0.29, 0.717) is 16.3 Å². The zero-order chi connectivity index (χ0) is 30.7. The lowest BCUT2D eigenvalue weighted by atomic mass is 10.0. The van der Waals surface area contributed by atoms with Crippen LogP contribution < -0.4 is 9.46 Å². The van der Waals surface area contributed by atoms with Crippen LogP contribution in [0.2, 0.25) is 5.02 Å². The maximum atomic E-state index is 13.5. The van der Waals surface area contributed by atoms with Crippen molar-refractivity contribution in [1.29, 1.82) is 0 Å². The molecule has 1 aliphatic rings. The minimum Gasteiger partial charge on any atom is -0.488 e. The highest BCUT2D eigenvalue weighted by Gasteiger charge is 2.33. The Balaban J connectivity index is 1.68. The number of carbonyl (C=O) groups excluding carboxylic acids is 1. The van der Waals surface area contributed by atoms with Crippen molar-refractivity contribution in [2.24, 2.45) is 5.92 Å². The minimum atomic E-state index is -3.89. The van der Waals surface area contributed by atoms with Crippen molar-refractivity contribution in [2.75, 3.05) is 31.5 Å². The highest BCUT2D eigenvalue weighted by molar-refractivity contribution is 7.92. The van der Waals surface area contributed by atoms with E-state index in [1.165, 1.54) is 59.9 Å². The summed E-state index contributed by atoms with van der Waals surface area (Å²) < 4.78 is 62.6. The van der Waals surface area contributed by atoms with Gasteiger partial charge in [0.05, 0.1) is 35.4 Å². The lowest BCUT2D eigenvalue weighted by Crippen LogP contribution is -2.48. The summed E-state index contributed by atoms with van der Waals surface area (Å²) in [5.41, 5.74) is 0.660. The van der Waals surface area contributed by atoms with Crippen LogP contribution in [0.4, 0.5) is 5.69 Å². The predicted molar refractivity (Wildman–Crippen MR) is 161 cm³/mol. The number of ether oxygens (including phenoxy) is 1. The first-order valence-electron chi connectivity index (χ1n) is 13.3. The molecule has 0 saturated carbocycles. The van der Waals surface area contributed by atoms with E-state index in [2.05, 4.69) is 4.72 Å². The number of sulfonamides is 2. The van der Waals surface area contributed by atoms with Crippen molar-refractivity contribution in [3.05, 3.63) is 83.4 Å². The molecular formula is C29H34ClN3O7S2. The fourth-order valence-corrected chi connectivity index (χ4v) is 7.04. The smallest absolute Gasteiger partial charge is 0.261 e. The number of fused-ring (bicyclic) bond motifs is 1. The molecule has 1 aliphatic heterocycles. The third-order valence-electron chi connectivity index (χ3n) is 7.18. The van der Waals surface area contributed by atoms with Gasteiger partial charge in [0.15, 0.2) is 0 Å². The first kappa shape index (κ1) is 31.8. The number of carbonyl (C=O) groups is 1. The molecule has 0 fully saturated rings. The highest BCUT2D eigenvalue weighted by atomic mass is 35.5. The zero-order valence-corrected chi connectivity index (χ0v) is 25.9. The quantitative estimate of drug-likeness (QED) is 0.367. The molecule has 0 aromatic heterocycles. The Hall–Kier alpha value is -3.16. The molecule has 1 amide bonds. The van der Waals surface area contributed by atoms with Crippen LogP contribution in [-0.2, 0) is 31.3 Å². The molecule has 0 unspecified atom stereocenters. The normalized spacial score (nSPS) is 18.8. The number of anilines is 1. The average molecular weight is 636 g/mol. The minimum absolute atomic E-state index is 0.0382. The molecular weight excluding hydrogens is 602 g/mol. The van der Waals surface area contributed by atoms with Crippen molar-refractivity contribution in [2.45, 2.75) is 42.2 Å². The van der Waals surface area contributed by atoms with Gasteiger partial charge in [-0.25, -0.2) is 16.8 Å². The summed E-state index contributed by atoms with van der Waals surface area (Å²) in [6.45, 7) is 3.48. The Morgan fingerprint density at radius 2 is 1.71 bits per heavy atom. The Bertz CT molecular complexity index is 1620. The molecule has 0 aliphatic carbocycles. The van der Waals surface area contributed by atoms with Gasteiger partial charge in [-0.15, -0.1) is 0 Å². The van der Waals surface area contributed by atoms with Crippen molar-refractivity contribution in [1.82, 2.24) is 9.21 Å². The summed E-state index contributed by atoms with van der Waals surface area (Å²) in [5, 5.41) is 10.3. The summed E-state index contributed by atoms with van der Waals surface area (Å²) >= 11 is 5.94. The number of nitrogens with zero attached hydrogens (tertiary/aromatic N) is 2. The first-order chi connectivity index (χ1) is 19.8. The van der Waals surface area contributed by atoms with E-state index in [4.69, 9.17) is 16.3 Å². The van der Waals surface area contributed by atoms with Crippen LogP contribution >= 0.6 is 11.6 Å².